The zero-order valence-electron chi connectivity index (χ0n) is 25.9. The number of nitrogens with one attached hydrogen (secondary N) is 1. The first-order valence-corrected chi connectivity index (χ1v) is 16.6. The Morgan fingerprint density at radius 1 is 1.11 bits per heavy atom. The first-order chi connectivity index (χ1) is 21.5. The van der Waals surface area contributed by atoms with Crippen LogP contribution in [0.15, 0.2) is 82.5 Å². The Labute approximate surface area is 266 Å². The smallest absolute Gasteiger partial charge is 0.252 e. The van der Waals surface area contributed by atoms with Gasteiger partial charge in [0.05, 0.1) is 23.6 Å². The number of azo groups is 1. The second kappa shape index (κ2) is 15.4. The lowest BCUT2D eigenvalue weighted by molar-refractivity contribution is 0.0931. The van der Waals surface area contributed by atoms with E-state index in [4.69, 9.17) is 4.74 Å². The zero-order valence-corrected chi connectivity index (χ0v) is 26.7. The van der Waals surface area contributed by atoms with Gasteiger partial charge < -0.3 is 23.7 Å². The molecule has 0 radical (unpaired) electrons. The third-order valence-corrected chi connectivity index (χ3v) is 8.78. The summed E-state index contributed by atoms with van der Waals surface area (Å²) >= 11 is 0. The minimum atomic E-state index is -3.86. The lowest BCUT2D eigenvalue weighted by Crippen LogP contribution is -2.34. The average molecular weight is 635 g/mol. The third-order valence-electron chi connectivity index (χ3n) is 7.79. The fraction of sp³-hybridized carbons (Fsp3) is 0.382. The van der Waals surface area contributed by atoms with E-state index in [0.717, 1.165) is 54.5 Å². The number of fused-ring (bicyclic) bond motifs is 1. The van der Waals surface area contributed by atoms with E-state index in [2.05, 4.69) is 41.0 Å². The van der Waals surface area contributed by atoms with Gasteiger partial charge in [0.25, 0.3) is 5.91 Å². The number of pyridine rings is 1. The largest absolute Gasteiger partial charge is 0.493 e. The summed E-state index contributed by atoms with van der Waals surface area (Å²) in [5.74, 6) is 1.11. The summed E-state index contributed by atoms with van der Waals surface area (Å²) in [6.45, 7) is 9.21. The van der Waals surface area contributed by atoms with E-state index < -0.39 is 10.9 Å². The zero-order chi connectivity index (χ0) is 32.5. The third kappa shape index (κ3) is 9.54. The SMILES string of the molecule is C=CCc1c(OCCCCC(C)(C)CNC(=O)c2ccc(N=NCc3ccccc3S(O)(O)O)nc2)ccc2c1CCCC2=O. The summed E-state index contributed by atoms with van der Waals surface area (Å²) in [5.41, 5.74) is 3.73. The highest BCUT2D eigenvalue weighted by Gasteiger charge is 2.23. The van der Waals surface area contributed by atoms with E-state index in [0.29, 0.717) is 42.9 Å². The monoisotopic (exact) mass is 634 g/mol. The number of amides is 1. The molecule has 0 unspecified atom stereocenters. The molecule has 1 amide bonds. The number of hydrogen-bond acceptors (Lipinski definition) is 9. The molecule has 1 aromatic heterocycles. The van der Waals surface area contributed by atoms with E-state index in [1.54, 1.807) is 30.3 Å². The number of allylic oxidation sites excluding steroid dienone is 1. The number of Topliss-reactive ketones (excluding diaryl/α,β-unsaturated/α-hetero) is 1. The Hall–Kier alpha value is -3.90. The van der Waals surface area contributed by atoms with Gasteiger partial charge in [-0.2, -0.15) is 5.11 Å². The second-order valence-corrected chi connectivity index (χ2v) is 13.4. The van der Waals surface area contributed by atoms with Crippen LogP contribution in [0.25, 0.3) is 0 Å². The van der Waals surface area contributed by atoms with Crippen LogP contribution < -0.4 is 10.1 Å². The molecule has 45 heavy (non-hydrogen) atoms. The Kier molecular flexibility index (Phi) is 11.6. The van der Waals surface area contributed by atoms with Crippen LogP contribution in [0.1, 0.15) is 83.4 Å². The molecular formula is C34H42N4O6S. The summed E-state index contributed by atoms with van der Waals surface area (Å²) in [5, 5.41) is 11.1. The molecule has 0 fully saturated rings. The van der Waals surface area contributed by atoms with Gasteiger partial charge in [0.15, 0.2) is 11.6 Å². The number of unbranched alkanes of at least 4 members (excludes halogenated alkanes) is 1. The van der Waals surface area contributed by atoms with Gasteiger partial charge in [-0.1, -0.05) is 38.1 Å². The van der Waals surface area contributed by atoms with Crippen LogP contribution in [-0.2, 0) is 19.4 Å². The number of ether oxygens (including phenoxy) is 1. The maximum atomic E-state index is 12.8. The van der Waals surface area contributed by atoms with E-state index in [1.165, 1.54) is 12.3 Å². The van der Waals surface area contributed by atoms with E-state index in [9.17, 15) is 23.2 Å². The highest BCUT2D eigenvalue weighted by Crippen LogP contribution is 2.45. The van der Waals surface area contributed by atoms with Gasteiger partial charge in [-0.05, 0) is 85.4 Å². The van der Waals surface area contributed by atoms with E-state index in [-0.39, 0.29) is 28.5 Å². The summed E-state index contributed by atoms with van der Waals surface area (Å²) in [7, 11) is -3.86. The highest BCUT2D eigenvalue weighted by atomic mass is 32.3. The van der Waals surface area contributed by atoms with E-state index >= 15 is 0 Å². The molecule has 4 rings (SSSR count). The molecule has 0 saturated carbocycles. The molecular weight excluding hydrogens is 592 g/mol. The Bertz CT molecular complexity index is 1530. The molecule has 1 aliphatic rings. The molecule has 0 bridgehead atoms. The van der Waals surface area contributed by atoms with Crippen molar-refractivity contribution in [2.45, 2.75) is 70.2 Å². The minimum Gasteiger partial charge on any atom is -0.493 e. The molecule has 0 aliphatic heterocycles. The standard InChI is InChI=1S/C34H42N4O6S/c1-4-10-28-26-12-9-13-29(39)27(26)16-17-30(28)44-20-8-7-19-34(2,3)23-36-33(40)25-15-18-32(35-21-25)38-37-22-24-11-5-6-14-31(24)45(41,42)43/h4-6,11,14-18,21,41-43H,1,7-10,12-13,19-20,22-23H2,2-3H3,(H,36,40). The molecule has 0 atom stereocenters. The molecule has 240 valence electrons. The summed E-state index contributed by atoms with van der Waals surface area (Å²) < 4.78 is 34.9. The molecule has 4 N–H and O–H groups in total. The molecule has 1 heterocycles. The number of carbonyl (C=O) groups excluding carboxylic acids is 2. The van der Waals surface area contributed by atoms with Gasteiger partial charge in [0.1, 0.15) is 16.6 Å². The number of carbonyl (C=O) groups is 2. The minimum absolute atomic E-state index is 0.00259. The number of nitrogens with zero attached hydrogens (tertiary/aromatic N) is 3. The normalized spacial score (nSPS) is 13.8. The van der Waals surface area contributed by atoms with Crippen molar-refractivity contribution in [1.29, 1.82) is 0 Å². The van der Waals surface area contributed by atoms with E-state index in [1.807, 2.05) is 18.2 Å². The van der Waals surface area contributed by atoms with Crippen molar-refractivity contribution in [3.8, 4) is 5.75 Å². The lowest BCUT2D eigenvalue weighted by atomic mass is 9.86. The number of hydrogen-bond donors (Lipinski definition) is 4. The van der Waals surface area contributed by atoms with Gasteiger partial charge in [-0.25, -0.2) is 4.98 Å². The maximum Gasteiger partial charge on any atom is 0.252 e. The number of benzene rings is 2. The first-order valence-electron chi connectivity index (χ1n) is 15.1. The van der Waals surface area contributed by atoms with Crippen LogP contribution in [0.2, 0.25) is 0 Å². The quantitative estimate of drug-likeness (QED) is 0.0746. The predicted octanol–water partition coefficient (Wildman–Crippen LogP) is 8.20. The van der Waals surface area contributed by atoms with Gasteiger partial charge in [-0.15, -0.1) is 11.7 Å². The summed E-state index contributed by atoms with van der Waals surface area (Å²) in [6.07, 6.45) is 9.06. The van der Waals surface area contributed by atoms with Crippen molar-refractivity contribution in [2.24, 2.45) is 15.6 Å². The van der Waals surface area contributed by atoms with Crippen molar-refractivity contribution in [1.82, 2.24) is 10.3 Å². The summed E-state index contributed by atoms with van der Waals surface area (Å²) in [6, 6.07) is 13.3. The number of ketones is 1. The van der Waals surface area contributed by atoms with Crippen LogP contribution in [0.4, 0.5) is 5.82 Å². The van der Waals surface area contributed by atoms with Crippen LogP contribution in [0, 0.1) is 5.41 Å². The first kappa shape index (κ1) is 34.0. The molecule has 2 aromatic carbocycles. The van der Waals surface area contributed by atoms with Crippen molar-refractivity contribution < 1.29 is 28.0 Å². The lowest BCUT2D eigenvalue weighted by Gasteiger charge is -2.25. The Balaban J connectivity index is 1.20. The molecule has 1 aliphatic carbocycles. The molecule has 10 nitrogen and oxygen atoms in total. The molecule has 0 saturated heterocycles. The number of aromatic nitrogens is 1. The average Bonchev–Trinajstić information content (AvgIpc) is 3.01. The highest BCUT2D eigenvalue weighted by molar-refractivity contribution is 8.19. The molecule has 11 heteroatoms. The fourth-order valence-electron chi connectivity index (χ4n) is 5.34. The van der Waals surface area contributed by atoms with Crippen LogP contribution >= 0.6 is 10.9 Å². The van der Waals surface area contributed by atoms with Crippen LogP contribution in [-0.4, -0.2) is 43.5 Å². The van der Waals surface area contributed by atoms with Gasteiger partial charge in [-0.3, -0.25) is 9.59 Å². The van der Waals surface area contributed by atoms with Crippen LogP contribution in [0.5, 0.6) is 5.75 Å². The predicted molar refractivity (Wildman–Crippen MR) is 176 cm³/mol. The van der Waals surface area contributed by atoms with Crippen molar-refractivity contribution >= 4 is 28.4 Å². The number of rotatable bonds is 15. The van der Waals surface area contributed by atoms with Crippen molar-refractivity contribution in [3.05, 3.63) is 95.2 Å². The molecule has 0 spiro atoms. The molecule has 3 aromatic rings. The second-order valence-electron chi connectivity index (χ2n) is 11.9. The van der Waals surface area contributed by atoms with Gasteiger partial charge in [0.2, 0.25) is 0 Å². The van der Waals surface area contributed by atoms with Gasteiger partial charge >= 0.3 is 0 Å². The summed E-state index contributed by atoms with van der Waals surface area (Å²) in [4.78, 5) is 29.3. The maximum absolute atomic E-state index is 12.8. The Morgan fingerprint density at radius 3 is 2.64 bits per heavy atom. The van der Waals surface area contributed by atoms with Gasteiger partial charge in [0, 0.05) is 30.3 Å². The van der Waals surface area contributed by atoms with Crippen LogP contribution in [0.3, 0.4) is 0 Å². The Morgan fingerprint density at radius 2 is 1.91 bits per heavy atom. The van der Waals surface area contributed by atoms with Crippen molar-refractivity contribution in [3.63, 3.8) is 0 Å². The topological polar surface area (TPSA) is 154 Å². The fourth-order valence-corrected chi connectivity index (χ4v) is 6.09. The van der Waals surface area contributed by atoms with Crippen molar-refractivity contribution in [2.75, 3.05) is 13.2 Å².